The second-order valence-corrected chi connectivity index (χ2v) is 5.10. The predicted octanol–water partition coefficient (Wildman–Crippen LogP) is 4.09. The molecule has 1 aliphatic rings. The minimum absolute atomic E-state index is 0.0246. The van der Waals surface area contributed by atoms with Gasteiger partial charge in [0, 0.05) is 12.1 Å². The van der Waals surface area contributed by atoms with Crippen LogP contribution in [0.4, 0.5) is 39.4 Å². The zero-order valence-electron chi connectivity index (χ0n) is 11.6. The highest BCUT2D eigenvalue weighted by molar-refractivity contribution is 5.59. The van der Waals surface area contributed by atoms with Gasteiger partial charge >= 0.3 is 6.18 Å². The zero-order valence-corrected chi connectivity index (χ0v) is 11.6. The number of nitrogens with one attached hydrogen (secondary N) is 2. The molecule has 0 spiro atoms. The third-order valence-electron chi connectivity index (χ3n) is 3.14. The molecule has 1 saturated carbocycles. The number of hydrogen-bond donors (Lipinski definition) is 2. The van der Waals surface area contributed by atoms with Gasteiger partial charge in [0.15, 0.2) is 5.69 Å². The van der Waals surface area contributed by atoms with Crippen molar-refractivity contribution in [2.45, 2.75) is 25.1 Å². The fourth-order valence-electron chi connectivity index (χ4n) is 1.88. The van der Waals surface area contributed by atoms with Gasteiger partial charge in [0.2, 0.25) is 5.95 Å². The van der Waals surface area contributed by atoms with E-state index in [1.807, 2.05) is 0 Å². The summed E-state index contributed by atoms with van der Waals surface area (Å²) in [6, 6.07) is 3.75. The molecule has 1 heterocycles. The number of rotatable bonds is 4. The van der Waals surface area contributed by atoms with Crippen molar-refractivity contribution in [2.75, 3.05) is 10.6 Å². The van der Waals surface area contributed by atoms with Gasteiger partial charge in [0.1, 0.15) is 23.1 Å². The minimum Gasteiger partial charge on any atom is -0.351 e. The first-order valence-corrected chi connectivity index (χ1v) is 6.77. The summed E-state index contributed by atoms with van der Waals surface area (Å²) in [5, 5.41) is 4.98. The average molecular weight is 330 g/mol. The molecule has 1 aromatic carbocycles. The smallest absolute Gasteiger partial charge is 0.351 e. The molecular weight excluding hydrogens is 319 g/mol. The van der Waals surface area contributed by atoms with Crippen LogP contribution in [0.1, 0.15) is 18.5 Å². The molecular formula is C14H11F5N4. The van der Waals surface area contributed by atoms with Crippen molar-refractivity contribution in [3.05, 3.63) is 41.6 Å². The molecule has 23 heavy (non-hydrogen) atoms. The standard InChI is InChI=1S/C14H11F5N4/c15-8-2-1-3-9(16)12(8)22-11-6-10(14(17,18)19)21-13(23-11)20-7-4-5-7/h1-3,6-7H,4-5H2,(H2,20,21,22,23). The number of alkyl halides is 3. The third-order valence-corrected chi connectivity index (χ3v) is 3.14. The van der Waals surface area contributed by atoms with Crippen LogP contribution in [0.2, 0.25) is 0 Å². The van der Waals surface area contributed by atoms with Gasteiger partial charge in [-0.2, -0.15) is 18.2 Å². The maximum absolute atomic E-state index is 13.6. The van der Waals surface area contributed by atoms with Crippen molar-refractivity contribution in [1.29, 1.82) is 0 Å². The van der Waals surface area contributed by atoms with Gasteiger partial charge in [0.05, 0.1) is 0 Å². The highest BCUT2D eigenvalue weighted by atomic mass is 19.4. The topological polar surface area (TPSA) is 49.8 Å². The Bertz CT molecular complexity index is 707. The third kappa shape index (κ3) is 3.66. The number of benzene rings is 1. The van der Waals surface area contributed by atoms with E-state index in [-0.39, 0.29) is 17.8 Å². The van der Waals surface area contributed by atoms with Crippen LogP contribution in [0.3, 0.4) is 0 Å². The average Bonchev–Trinajstić information content (AvgIpc) is 3.26. The van der Waals surface area contributed by atoms with Gasteiger partial charge in [-0.3, -0.25) is 0 Å². The minimum atomic E-state index is -4.70. The summed E-state index contributed by atoms with van der Waals surface area (Å²) >= 11 is 0. The van der Waals surface area contributed by atoms with Crippen LogP contribution in [0.15, 0.2) is 24.3 Å². The largest absolute Gasteiger partial charge is 0.433 e. The van der Waals surface area contributed by atoms with E-state index < -0.39 is 29.2 Å². The molecule has 1 aliphatic carbocycles. The van der Waals surface area contributed by atoms with Crippen molar-refractivity contribution in [2.24, 2.45) is 0 Å². The number of anilines is 3. The van der Waals surface area contributed by atoms with Gasteiger partial charge in [-0.1, -0.05) is 6.07 Å². The molecule has 4 nitrogen and oxygen atoms in total. The summed E-state index contributed by atoms with van der Waals surface area (Å²) in [5.41, 5.74) is -1.77. The molecule has 0 aliphatic heterocycles. The number of nitrogens with zero attached hydrogens (tertiary/aromatic N) is 2. The summed E-state index contributed by atoms with van der Waals surface area (Å²) in [6.45, 7) is 0. The lowest BCUT2D eigenvalue weighted by Crippen LogP contribution is -2.14. The van der Waals surface area contributed by atoms with E-state index in [0.717, 1.165) is 31.0 Å². The van der Waals surface area contributed by atoms with Crippen LogP contribution >= 0.6 is 0 Å². The summed E-state index contributed by atoms with van der Waals surface area (Å²) in [5.74, 6) is -2.45. The molecule has 0 atom stereocenters. The molecule has 1 aromatic heterocycles. The lowest BCUT2D eigenvalue weighted by Gasteiger charge is -2.13. The van der Waals surface area contributed by atoms with E-state index >= 15 is 0 Å². The first kappa shape index (κ1) is 15.4. The van der Waals surface area contributed by atoms with E-state index in [0.29, 0.717) is 6.07 Å². The van der Waals surface area contributed by atoms with E-state index in [1.54, 1.807) is 0 Å². The Morgan fingerprint density at radius 3 is 2.26 bits per heavy atom. The summed E-state index contributed by atoms with van der Waals surface area (Å²) in [4.78, 5) is 7.23. The maximum Gasteiger partial charge on any atom is 0.433 e. The van der Waals surface area contributed by atoms with E-state index in [2.05, 4.69) is 20.6 Å². The van der Waals surface area contributed by atoms with Crippen LogP contribution in [-0.2, 0) is 6.18 Å². The Kier molecular flexibility index (Phi) is 3.78. The molecule has 0 bridgehead atoms. The van der Waals surface area contributed by atoms with Crippen molar-refractivity contribution < 1.29 is 22.0 Å². The summed E-state index contributed by atoms with van der Waals surface area (Å²) in [6.07, 6.45) is -3.08. The van der Waals surface area contributed by atoms with Crippen LogP contribution in [0, 0.1) is 11.6 Å². The number of hydrogen-bond acceptors (Lipinski definition) is 4. The van der Waals surface area contributed by atoms with E-state index in [4.69, 9.17) is 0 Å². The zero-order chi connectivity index (χ0) is 16.6. The highest BCUT2D eigenvalue weighted by Gasteiger charge is 2.34. The molecule has 0 amide bonds. The van der Waals surface area contributed by atoms with Crippen LogP contribution in [-0.4, -0.2) is 16.0 Å². The van der Waals surface area contributed by atoms with Gasteiger partial charge in [-0.05, 0) is 25.0 Å². The van der Waals surface area contributed by atoms with Crippen molar-refractivity contribution in [1.82, 2.24) is 9.97 Å². The number of halogens is 5. The molecule has 122 valence electrons. The molecule has 3 rings (SSSR count). The fourth-order valence-corrected chi connectivity index (χ4v) is 1.88. The van der Waals surface area contributed by atoms with Crippen molar-refractivity contribution >= 4 is 17.5 Å². The van der Waals surface area contributed by atoms with E-state index in [9.17, 15) is 22.0 Å². The first-order valence-electron chi connectivity index (χ1n) is 6.77. The van der Waals surface area contributed by atoms with Crippen LogP contribution in [0.25, 0.3) is 0 Å². The number of para-hydroxylation sites is 1. The Labute approximate surface area is 127 Å². The van der Waals surface area contributed by atoms with Gasteiger partial charge in [0.25, 0.3) is 0 Å². The molecule has 2 aromatic rings. The Morgan fingerprint density at radius 1 is 1.04 bits per heavy atom. The van der Waals surface area contributed by atoms with Gasteiger partial charge in [-0.15, -0.1) is 0 Å². The second kappa shape index (κ2) is 5.64. The Balaban J connectivity index is 1.96. The normalized spacial score (nSPS) is 14.7. The van der Waals surface area contributed by atoms with Gasteiger partial charge < -0.3 is 10.6 Å². The fraction of sp³-hybridized carbons (Fsp3) is 0.286. The Morgan fingerprint density at radius 2 is 1.70 bits per heavy atom. The molecule has 0 saturated heterocycles. The molecule has 9 heteroatoms. The lowest BCUT2D eigenvalue weighted by atomic mass is 10.3. The first-order chi connectivity index (χ1) is 10.8. The maximum atomic E-state index is 13.6. The van der Waals surface area contributed by atoms with Crippen molar-refractivity contribution in [3.63, 3.8) is 0 Å². The van der Waals surface area contributed by atoms with E-state index in [1.165, 1.54) is 0 Å². The van der Waals surface area contributed by atoms with Crippen LogP contribution in [0.5, 0.6) is 0 Å². The van der Waals surface area contributed by atoms with Crippen molar-refractivity contribution in [3.8, 4) is 0 Å². The lowest BCUT2D eigenvalue weighted by molar-refractivity contribution is -0.141. The predicted molar refractivity (Wildman–Crippen MR) is 73.3 cm³/mol. The molecule has 2 N–H and O–H groups in total. The Hall–Kier alpha value is -2.45. The molecule has 0 unspecified atom stereocenters. The summed E-state index contributed by atoms with van der Waals surface area (Å²) < 4.78 is 65.9. The monoisotopic (exact) mass is 330 g/mol. The summed E-state index contributed by atoms with van der Waals surface area (Å²) in [7, 11) is 0. The van der Waals surface area contributed by atoms with Crippen LogP contribution < -0.4 is 10.6 Å². The van der Waals surface area contributed by atoms with Gasteiger partial charge in [-0.25, -0.2) is 13.8 Å². The molecule has 1 fully saturated rings. The molecule has 0 radical (unpaired) electrons. The number of aromatic nitrogens is 2. The second-order valence-electron chi connectivity index (χ2n) is 5.10. The highest BCUT2D eigenvalue weighted by Crippen LogP contribution is 2.32. The quantitative estimate of drug-likeness (QED) is 0.829. The SMILES string of the molecule is Fc1cccc(F)c1Nc1cc(C(F)(F)F)nc(NC2CC2)n1.